The summed E-state index contributed by atoms with van der Waals surface area (Å²) in [5.74, 6) is 2.08. The number of ketones is 7. The molecule has 0 bridgehead atoms. The van der Waals surface area contributed by atoms with E-state index in [2.05, 4.69) is 0 Å². The zero-order chi connectivity index (χ0) is 30.8. The highest BCUT2D eigenvalue weighted by molar-refractivity contribution is 5.96. The van der Waals surface area contributed by atoms with Gasteiger partial charge in [-0.25, -0.2) is 0 Å². The van der Waals surface area contributed by atoms with Gasteiger partial charge in [0.2, 0.25) is 0 Å². The molecular formula is C32H42O9. The first-order valence-electron chi connectivity index (χ1n) is 14.1. The SMILES string of the molecule is CC(=O)CCC(=O)CCC(=O)Cc1ccc(CC(C)=O)o1.CCc1ccc(C(=O)CCC(=O)CCCCC(C)=O)o1. The second kappa shape index (κ2) is 19.3. The third-order valence-corrected chi connectivity index (χ3v) is 6.10. The number of unbranched alkanes of at least 4 members (excludes halogenated alkanes) is 1. The van der Waals surface area contributed by atoms with Crippen molar-refractivity contribution in [2.45, 2.75) is 111 Å². The average molecular weight is 571 g/mol. The second-order valence-electron chi connectivity index (χ2n) is 10.2. The predicted octanol–water partition coefficient (Wildman–Crippen LogP) is 5.76. The van der Waals surface area contributed by atoms with E-state index < -0.39 is 0 Å². The number of rotatable bonds is 20. The molecule has 0 atom stereocenters. The summed E-state index contributed by atoms with van der Waals surface area (Å²) in [5.41, 5.74) is 0. The summed E-state index contributed by atoms with van der Waals surface area (Å²) in [6.07, 6.45) is 4.72. The van der Waals surface area contributed by atoms with Crippen molar-refractivity contribution < 1.29 is 42.4 Å². The highest BCUT2D eigenvalue weighted by atomic mass is 16.3. The minimum Gasteiger partial charge on any atom is -0.465 e. The normalized spacial score (nSPS) is 10.4. The average Bonchev–Trinajstić information content (AvgIpc) is 3.56. The van der Waals surface area contributed by atoms with Crippen LogP contribution in [0.25, 0.3) is 0 Å². The molecule has 9 heteroatoms. The lowest BCUT2D eigenvalue weighted by atomic mass is 10.0. The van der Waals surface area contributed by atoms with Crippen LogP contribution >= 0.6 is 0 Å². The van der Waals surface area contributed by atoms with Crippen molar-refractivity contribution in [1.82, 2.24) is 0 Å². The van der Waals surface area contributed by atoms with E-state index in [4.69, 9.17) is 8.83 Å². The molecule has 0 aliphatic heterocycles. The van der Waals surface area contributed by atoms with Gasteiger partial charge in [0.25, 0.3) is 0 Å². The van der Waals surface area contributed by atoms with Gasteiger partial charge in [-0.1, -0.05) is 6.92 Å². The Morgan fingerprint density at radius 3 is 1.61 bits per heavy atom. The van der Waals surface area contributed by atoms with E-state index in [1.54, 1.807) is 31.2 Å². The molecule has 0 saturated carbocycles. The van der Waals surface area contributed by atoms with Crippen molar-refractivity contribution in [3.63, 3.8) is 0 Å². The summed E-state index contributed by atoms with van der Waals surface area (Å²) in [6.45, 7) is 6.42. The molecule has 0 radical (unpaired) electrons. The van der Waals surface area contributed by atoms with Crippen molar-refractivity contribution in [1.29, 1.82) is 0 Å². The maximum absolute atomic E-state index is 11.8. The first-order valence-corrected chi connectivity index (χ1v) is 14.1. The van der Waals surface area contributed by atoms with Gasteiger partial charge in [0, 0.05) is 57.8 Å². The lowest BCUT2D eigenvalue weighted by Gasteiger charge is -2.00. The van der Waals surface area contributed by atoms with Crippen molar-refractivity contribution in [3.05, 3.63) is 47.3 Å². The Hall–Kier alpha value is -3.75. The largest absolute Gasteiger partial charge is 0.465 e. The molecule has 0 aliphatic carbocycles. The van der Waals surface area contributed by atoms with Gasteiger partial charge >= 0.3 is 0 Å². The van der Waals surface area contributed by atoms with Crippen LogP contribution in [0.2, 0.25) is 0 Å². The van der Waals surface area contributed by atoms with E-state index >= 15 is 0 Å². The van der Waals surface area contributed by atoms with E-state index in [1.807, 2.05) is 6.92 Å². The molecule has 0 amide bonds. The van der Waals surface area contributed by atoms with Crippen LogP contribution in [0.1, 0.15) is 120 Å². The topological polar surface area (TPSA) is 146 Å². The van der Waals surface area contributed by atoms with E-state index in [1.165, 1.54) is 13.8 Å². The molecule has 2 aromatic rings. The van der Waals surface area contributed by atoms with E-state index in [0.717, 1.165) is 18.6 Å². The molecule has 2 heterocycles. The van der Waals surface area contributed by atoms with Crippen molar-refractivity contribution >= 4 is 40.5 Å². The van der Waals surface area contributed by atoms with Gasteiger partial charge in [-0.2, -0.15) is 0 Å². The van der Waals surface area contributed by atoms with Gasteiger partial charge < -0.3 is 18.4 Å². The monoisotopic (exact) mass is 570 g/mol. The maximum atomic E-state index is 11.8. The molecular weight excluding hydrogens is 528 g/mol. The fraction of sp³-hybridized carbons (Fsp3) is 0.531. The Kier molecular flexibility index (Phi) is 16.6. The lowest BCUT2D eigenvalue weighted by Crippen LogP contribution is -2.07. The third-order valence-electron chi connectivity index (χ3n) is 6.10. The maximum Gasteiger partial charge on any atom is 0.198 e. The lowest BCUT2D eigenvalue weighted by molar-refractivity contribution is -0.125. The first-order chi connectivity index (χ1) is 19.4. The van der Waals surface area contributed by atoms with Crippen LogP contribution in [-0.2, 0) is 48.0 Å². The third kappa shape index (κ3) is 16.8. The van der Waals surface area contributed by atoms with Gasteiger partial charge in [-0.15, -0.1) is 0 Å². The fourth-order valence-electron chi connectivity index (χ4n) is 3.77. The predicted molar refractivity (Wildman–Crippen MR) is 152 cm³/mol. The Morgan fingerprint density at radius 1 is 0.512 bits per heavy atom. The zero-order valence-corrected chi connectivity index (χ0v) is 24.7. The summed E-state index contributed by atoms with van der Waals surface area (Å²) in [4.78, 5) is 79.1. The zero-order valence-electron chi connectivity index (χ0n) is 24.7. The van der Waals surface area contributed by atoms with Crippen LogP contribution in [0.3, 0.4) is 0 Å². The summed E-state index contributed by atoms with van der Waals surface area (Å²) in [7, 11) is 0. The van der Waals surface area contributed by atoms with E-state index in [9.17, 15) is 33.6 Å². The molecule has 41 heavy (non-hydrogen) atoms. The molecule has 0 fully saturated rings. The number of carbonyl (C=O) groups excluding carboxylic acids is 7. The number of aryl methyl sites for hydroxylation is 1. The van der Waals surface area contributed by atoms with Crippen LogP contribution in [0.5, 0.6) is 0 Å². The van der Waals surface area contributed by atoms with Gasteiger partial charge in [-0.3, -0.25) is 24.0 Å². The van der Waals surface area contributed by atoms with Crippen LogP contribution in [0.15, 0.2) is 33.1 Å². The molecule has 9 nitrogen and oxygen atoms in total. The molecule has 0 spiro atoms. The molecule has 0 saturated heterocycles. The Morgan fingerprint density at radius 2 is 1.02 bits per heavy atom. The van der Waals surface area contributed by atoms with Gasteiger partial charge in [0.05, 0.1) is 12.8 Å². The Labute approximate surface area is 241 Å². The Balaban J connectivity index is 0.000000410. The molecule has 2 rings (SSSR count). The number of hydrogen-bond acceptors (Lipinski definition) is 9. The quantitative estimate of drug-likeness (QED) is 0.143. The number of furan rings is 2. The molecule has 0 N–H and O–H groups in total. The summed E-state index contributed by atoms with van der Waals surface area (Å²) >= 11 is 0. The molecule has 0 aromatic carbocycles. The standard InChI is InChI=1S/C16H20O5.C16H22O4/c1-11(17)3-4-13(19)5-6-14(20)10-16-8-7-15(21-16)9-12(2)18;1-3-14-9-11-16(20-14)15(19)10-8-13(18)7-5-4-6-12(2)17/h7-8H,3-6,9-10H2,1-2H3;9,11H,3-8,10H2,1-2H3. The number of carbonyl (C=O) groups is 7. The summed E-state index contributed by atoms with van der Waals surface area (Å²) < 4.78 is 10.7. The van der Waals surface area contributed by atoms with Gasteiger partial charge in [-0.05, 0) is 57.9 Å². The van der Waals surface area contributed by atoms with Gasteiger partial charge in [0.15, 0.2) is 11.5 Å². The summed E-state index contributed by atoms with van der Waals surface area (Å²) in [6, 6.07) is 6.81. The van der Waals surface area contributed by atoms with Gasteiger partial charge in [0.1, 0.15) is 52.0 Å². The molecule has 2 aromatic heterocycles. The van der Waals surface area contributed by atoms with E-state index in [0.29, 0.717) is 36.5 Å². The van der Waals surface area contributed by atoms with Crippen LogP contribution < -0.4 is 0 Å². The minimum atomic E-state index is -0.123. The number of hydrogen-bond donors (Lipinski definition) is 0. The smallest absolute Gasteiger partial charge is 0.198 e. The molecule has 0 unspecified atom stereocenters. The fourth-order valence-corrected chi connectivity index (χ4v) is 3.77. The summed E-state index contributed by atoms with van der Waals surface area (Å²) in [5, 5.41) is 0. The van der Waals surface area contributed by atoms with E-state index in [-0.39, 0.29) is 91.8 Å². The second-order valence-corrected chi connectivity index (χ2v) is 10.2. The molecule has 0 aliphatic rings. The number of Topliss-reactive ketones (excluding diaryl/α,β-unsaturated/α-hetero) is 7. The van der Waals surface area contributed by atoms with Crippen molar-refractivity contribution in [2.75, 3.05) is 0 Å². The van der Waals surface area contributed by atoms with Crippen LogP contribution in [0.4, 0.5) is 0 Å². The molecule has 224 valence electrons. The highest BCUT2D eigenvalue weighted by Gasteiger charge is 2.14. The van der Waals surface area contributed by atoms with Crippen LogP contribution in [0, 0.1) is 0 Å². The van der Waals surface area contributed by atoms with Crippen LogP contribution in [-0.4, -0.2) is 40.5 Å². The first kappa shape index (κ1) is 35.3. The highest BCUT2D eigenvalue weighted by Crippen LogP contribution is 2.14. The van der Waals surface area contributed by atoms with Crippen molar-refractivity contribution in [3.8, 4) is 0 Å². The Bertz CT molecular complexity index is 1200. The van der Waals surface area contributed by atoms with Crippen molar-refractivity contribution in [2.24, 2.45) is 0 Å². The minimum absolute atomic E-state index is 0.00158.